The number of fused-ring (bicyclic) bond motifs is 1. The molecule has 0 spiro atoms. The number of amides is 2. The second-order valence-corrected chi connectivity index (χ2v) is 7.36. The lowest BCUT2D eigenvalue weighted by Gasteiger charge is -2.29. The zero-order valence-electron chi connectivity index (χ0n) is 17.4. The number of nitrogens with one attached hydrogen (secondary N) is 1. The summed E-state index contributed by atoms with van der Waals surface area (Å²) in [5.41, 5.74) is 2.17. The Morgan fingerprint density at radius 2 is 1.84 bits per heavy atom. The predicted octanol–water partition coefficient (Wildman–Crippen LogP) is 4.55. The van der Waals surface area contributed by atoms with E-state index in [0.29, 0.717) is 30.3 Å². The Labute approximate surface area is 185 Å². The number of hydrogen-bond acceptors (Lipinski definition) is 4. The number of anilines is 2. The maximum Gasteiger partial charge on any atom is 0.227 e. The van der Waals surface area contributed by atoms with Gasteiger partial charge in [0.05, 0.1) is 12.2 Å². The average Bonchev–Trinajstić information content (AvgIpc) is 2.81. The molecule has 0 fully saturated rings. The van der Waals surface area contributed by atoms with Crippen molar-refractivity contribution in [2.24, 2.45) is 0 Å². The number of carbonyl (C=O) groups is 2. The van der Waals surface area contributed by atoms with Gasteiger partial charge in [0.15, 0.2) is 0 Å². The molecule has 0 saturated heterocycles. The molecule has 3 aromatic rings. The van der Waals surface area contributed by atoms with Gasteiger partial charge in [-0.25, -0.2) is 4.39 Å². The van der Waals surface area contributed by atoms with Crippen molar-refractivity contribution in [3.8, 4) is 11.5 Å². The fourth-order valence-corrected chi connectivity index (χ4v) is 3.47. The van der Waals surface area contributed by atoms with Crippen molar-refractivity contribution in [2.45, 2.75) is 19.4 Å². The van der Waals surface area contributed by atoms with Crippen molar-refractivity contribution in [3.63, 3.8) is 0 Å². The summed E-state index contributed by atoms with van der Waals surface area (Å²) in [7, 11) is 0. The number of halogens is 1. The molecule has 7 heteroatoms. The maximum atomic E-state index is 13.3. The summed E-state index contributed by atoms with van der Waals surface area (Å²) in [5.74, 6) is 0.381. The third-order valence-electron chi connectivity index (χ3n) is 5.01. The van der Waals surface area contributed by atoms with Crippen molar-refractivity contribution < 1.29 is 23.5 Å². The fraction of sp³-hybridized carbons (Fsp3) is 0.200. The van der Waals surface area contributed by atoms with E-state index in [9.17, 15) is 14.0 Å². The molecule has 32 heavy (non-hydrogen) atoms. The van der Waals surface area contributed by atoms with Crippen molar-refractivity contribution in [3.05, 3.63) is 84.2 Å². The van der Waals surface area contributed by atoms with E-state index in [1.54, 1.807) is 35.2 Å². The summed E-state index contributed by atoms with van der Waals surface area (Å²) in [6.07, 6.45) is 0.172. The van der Waals surface area contributed by atoms with Gasteiger partial charge in [-0.05, 0) is 42.0 Å². The maximum absolute atomic E-state index is 13.3. The molecule has 3 aromatic carbocycles. The second-order valence-electron chi connectivity index (χ2n) is 7.36. The summed E-state index contributed by atoms with van der Waals surface area (Å²) in [6.45, 7) is 1.13. The number of para-hydroxylation sites is 2. The third kappa shape index (κ3) is 5.43. The van der Waals surface area contributed by atoms with Crippen LogP contribution in [0.2, 0.25) is 0 Å². The van der Waals surface area contributed by atoms with Gasteiger partial charge in [0.1, 0.15) is 30.5 Å². The van der Waals surface area contributed by atoms with Crippen LogP contribution >= 0.6 is 0 Å². The van der Waals surface area contributed by atoms with Gasteiger partial charge >= 0.3 is 0 Å². The van der Waals surface area contributed by atoms with E-state index >= 15 is 0 Å². The van der Waals surface area contributed by atoms with Crippen LogP contribution in [0.15, 0.2) is 72.8 Å². The molecule has 0 aliphatic carbocycles. The normalized spacial score (nSPS) is 12.5. The standard InChI is InChI=1S/C25H23FN2O4/c26-19-6-4-8-21(16-19)32-17-18-5-3-7-20(15-18)27-24(29)11-12-25(30)28-13-14-31-23-10-2-1-9-22(23)28/h1-10,15-16H,11-14,17H2,(H,27,29). The van der Waals surface area contributed by atoms with Crippen molar-refractivity contribution >= 4 is 23.2 Å². The van der Waals surface area contributed by atoms with E-state index in [-0.39, 0.29) is 37.1 Å². The predicted molar refractivity (Wildman–Crippen MR) is 119 cm³/mol. The van der Waals surface area contributed by atoms with Crippen LogP contribution in [0.5, 0.6) is 11.5 Å². The summed E-state index contributed by atoms with van der Waals surface area (Å²) >= 11 is 0. The van der Waals surface area contributed by atoms with Crippen molar-refractivity contribution in [2.75, 3.05) is 23.4 Å². The van der Waals surface area contributed by atoms with Crippen LogP contribution in [0.1, 0.15) is 18.4 Å². The molecular weight excluding hydrogens is 411 g/mol. The van der Waals surface area contributed by atoms with Gasteiger partial charge in [0, 0.05) is 24.6 Å². The van der Waals surface area contributed by atoms with Gasteiger partial charge in [-0.2, -0.15) is 0 Å². The molecule has 1 aliphatic rings. The number of carbonyl (C=O) groups excluding carboxylic acids is 2. The molecular formula is C25H23FN2O4. The van der Waals surface area contributed by atoms with Crippen LogP contribution in [0.25, 0.3) is 0 Å². The molecule has 4 rings (SSSR count). The Morgan fingerprint density at radius 3 is 2.72 bits per heavy atom. The molecule has 0 bridgehead atoms. The first-order valence-electron chi connectivity index (χ1n) is 10.4. The lowest BCUT2D eigenvalue weighted by Crippen LogP contribution is -2.38. The molecule has 0 atom stereocenters. The van der Waals surface area contributed by atoms with Gasteiger partial charge in [-0.15, -0.1) is 0 Å². The molecule has 2 amide bonds. The first kappa shape index (κ1) is 21.4. The first-order chi connectivity index (χ1) is 15.6. The lowest BCUT2D eigenvalue weighted by molar-refractivity contribution is -0.122. The molecule has 1 heterocycles. The van der Waals surface area contributed by atoms with E-state index in [1.807, 2.05) is 30.3 Å². The summed E-state index contributed by atoms with van der Waals surface area (Å²) in [4.78, 5) is 26.7. The molecule has 6 nitrogen and oxygen atoms in total. The molecule has 164 valence electrons. The van der Waals surface area contributed by atoms with Crippen LogP contribution in [0, 0.1) is 5.82 Å². The van der Waals surface area contributed by atoms with Gasteiger partial charge in [0.25, 0.3) is 0 Å². The van der Waals surface area contributed by atoms with Crippen LogP contribution in [-0.2, 0) is 16.2 Å². The number of ether oxygens (including phenoxy) is 2. The van der Waals surface area contributed by atoms with E-state index in [4.69, 9.17) is 9.47 Å². The topological polar surface area (TPSA) is 67.9 Å². The Kier molecular flexibility index (Phi) is 6.65. The Balaban J connectivity index is 1.29. The number of hydrogen-bond donors (Lipinski definition) is 1. The van der Waals surface area contributed by atoms with Gasteiger partial charge in [-0.1, -0.05) is 30.3 Å². The molecule has 0 aromatic heterocycles. The molecule has 1 aliphatic heterocycles. The largest absolute Gasteiger partial charge is 0.490 e. The van der Waals surface area contributed by atoms with E-state index in [0.717, 1.165) is 11.3 Å². The van der Waals surface area contributed by atoms with E-state index < -0.39 is 0 Å². The molecule has 1 N–H and O–H groups in total. The third-order valence-corrected chi connectivity index (χ3v) is 5.01. The van der Waals surface area contributed by atoms with Crippen LogP contribution in [0.3, 0.4) is 0 Å². The second kappa shape index (κ2) is 9.96. The Bertz CT molecular complexity index is 1120. The summed E-state index contributed by atoms with van der Waals surface area (Å²) in [6, 6.07) is 20.5. The smallest absolute Gasteiger partial charge is 0.227 e. The fourth-order valence-electron chi connectivity index (χ4n) is 3.47. The van der Waals surface area contributed by atoms with Gasteiger partial charge in [0.2, 0.25) is 11.8 Å². The number of nitrogens with zero attached hydrogens (tertiary/aromatic N) is 1. The summed E-state index contributed by atoms with van der Waals surface area (Å²) in [5, 5.41) is 2.82. The Hall–Kier alpha value is -3.87. The van der Waals surface area contributed by atoms with E-state index in [1.165, 1.54) is 12.1 Å². The zero-order valence-corrected chi connectivity index (χ0v) is 17.4. The average molecular weight is 434 g/mol. The van der Waals surface area contributed by atoms with Crippen molar-refractivity contribution in [1.82, 2.24) is 0 Å². The molecule has 0 saturated carbocycles. The van der Waals surface area contributed by atoms with Gasteiger partial charge in [-0.3, -0.25) is 9.59 Å². The highest BCUT2D eigenvalue weighted by Crippen LogP contribution is 2.31. The van der Waals surface area contributed by atoms with Crippen molar-refractivity contribution in [1.29, 1.82) is 0 Å². The van der Waals surface area contributed by atoms with Gasteiger partial charge < -0.3 is 19.7 Å². The van der Waals surface area contributed by atoms with E-state index in [2.05, 4.69) is 5.32 Å². The molecule has 0 radical (unpaired) electrons. The quantitative estimate of drug-likeness (QED) is 0.593. The highest BCUT2D eigenvalue weighted by Gasteiger charge is 2.23. The van der Waals surface area contributed by atoms with Crippen LogP contribution < -0.4 is 19.7 Å². The minimum atomic E-state index is -0.362. The number of benzene rings is 3. The SMILES string of the molecule is O=C(CCC(=O)N1CCOc2ccccc21)Nc1cccc(COc2cccc(F)c2)c1. The highest BCUT2D eigenvalue weighted by molar-refractivity contribution is 5.99. The Morgan fingerprint density at radius 1 is 1.00 bits per heavy atom. The monoisotopic (exact) mass is 434 g/mol. The zero-order chi connectivity index (χ0) is 22.3. The van der Waals surface area contributed by atoms with Crippen LogP contribution in [-0.4, -0.2) is 25.0 Å². The lowest BCUT2D eigenvalue weighted by atomic mass is 10.2. The minimum Gasteiger partial charge on any atom is -0.490 e. The first-order valence-corrected chi connectivity index (χ1v) is 10.4. The summed E-state index contributed by atoms with van der Waals surface area (Å²) < 4.78 is 24.4. The molecule has 0 unspecified atom stereocenters. The van der Waals surface area contributed by atoms with Crippen LogP contribution in [0.4, 0.5) is 15.8 Å². The highest BCUT2D eigenvalue weighted by atomic mass is 19.1. The number of rotatable bonds is 7. The minimum absolute atomic E-state index is 0.0718.